The zero-order chi connectivity index (χ0) is 22.4. The molecule has 5 aromatic rings. The molecule has 1 aliphatic heterocycles. The molecule has 0 radical (unpaired) electrons. The number of fused-ring (bicyclic) bond motifs is 4. The maximum atomic E-state index is 4.74. The van der Waals surface area contributed by atoms with Crippen LogP contribution in [0.4, 0.5) is 0 Å². The normalized spacial score (nSPS) is 19.6. The molecule has 2 aromatic carbocycles. The van der Waals surface area contributed by atoms with Crippen LogP contribution >= 0.6 is 0 Å². The molecule has 0 spiro atoms. The van der Waals surface area contributed by atoms with E-state index in [0.717, 1.165) is 41.9 Å². The third-order valence-corrected chi connectivity index (χ3v) is 7.32. The fourth-order valence-electron chi connectivity index (χ4n) is 5.56. The lowest BCUT2D eigenvalue weighted by Gasteiger charge is -2.38. The van der Waals surface area contributed by atoms with Crippen LogP contribution in [0.25, 0.3) is 27.5 Å². The van der Waals surface area contributed by atoms with Crippen molar-refractivity contribution in [2.45, 2.75) is 45.1 Å². The van der Waals surface area contributed by atoms with E-state index in [9.17, 15) is 0 Å². The van der Waals surface area contributed by atoms with Gasteiger partial charge in [0.15, 0.2) is 5.65 Å². The molecule has 6 rings (SSSR count). The van der Waals surface area contributed by atoms with Gasteiger partial charge in [0.1, 0.15) is 0 Å². The molecular weight excluding hydrogens is 408 g/mol. The number of benzene rings is 2. The minimum absolute atomic E-state index is 0.554. The van der Waals surface area contributed by atoms with Gasteiger partial charge in [0.2, 0.25) is 0 Å². The summed E-state index contributed by atoms with van der Waals surface area (Å²) in [7, 11) is 0. The zero-order valence-corrected chi connectivity index (χ0v) is 19.1. The van der Waals surface area contributed by atoms with Crippen molar-refractivity contribution < 1.29 is 0 Å². The molecule has 3 aromatic heterocycles. The Hall–Kier alpha value is -3.38. The molecule has 0 bridgehead atoms. The van der Waals surface area contributed by atoms with Crippen LogP contribution in [0.15, 0.2) is 60.7 Å². The van der Waals surface area contributed by atoms with Crippen LogP contribution in [0.3, 0.4) is 0 Å². The van der Waals surface area contributed by atoms with E-state index in [-0.39, 0.29) is 0 Å². The number of tetrazole rings is 1. The Kier molecular flexibility index (Phi) is 5.03. The van der Waals surface area contributed by atoms with Crippen molar-refractivity contribution in [2.24, 2.45) is 0 Å². The second kappa shape index (κ2) is 8.19. The summed E-state index contributed by atoms with van der Waals surface area (Å²) in [5.74, 6) is 0.593. The van der Waals surface area contributed by atoms with Gasteiger partial charge in [-0.1, -0.05) is 30.3 Å². The minimum Gasteiger partial charge on any atom is -0.300 e. The highest BCUT2D eigenvalue weighted by atomic mass is 15.5. The first-order valence-corrected chi connectivity index (χ1v) is 11.9. The van der Waals surface area contributed by atoms with Crippen LogP contribution in [0.5, 0.6) is 0 Å². The monoisotopic (exact) mass is 436 g/mol. The van der Waals surface area contributed by atoms with Crippen LogP contribution in [-0.4, -0.2) is 49.1 Å². The van der Waals surface area contributed by atoms with E-state index in [1.165, 1.54) is 34.7 Å². The summed E-state index contributed by atoms with van der Waals surface area (Å²) < 4.78 is 1.83. The summed E-state index contributed by atoms with van der Waals surface area (Å²) in [6, 6.07) is 22.2. The molecule has 1 saturated heterocycles. The zero-order valence-electron chi connectivity index (χ0n) is 19.1. The molecular formula is C27H28N6. The number of rotatable bonds is 4. The summed E-state index contributed by atoms with van der Waals surface area (Å²) in [6.07, 6.45) is 3.41. The second-order valence-electron chi connectivity index (χ2n) is 9.36. The van der Waals surface area contributed by atoms with E-state index in [4.69, 9.17) is 4.98 Å². The van der Waals surface area contributed by atoms with Gasteiger partial charge in [0, 0.05) is 29.1 Å². The van der Waals surface area contributed by atoms with E-state index in [0.29, 0.717) is 12.0 Å². The Balaban J connectivity index is 1.19. The predicted octanol–water partition coefficient (Wildman–Crippen LogP) is 4.94. The van der Waals surface area contributed by atoms with Gasteiger partial charge in [0.05, 0.1) is 11.0 Å². The largest absolute Gasteiger partial charge is 0.300 e. The van der Waals surface area contributed by atoms with E-state index < -0.39 is 0 Å². The van der Waals surface area contributed by atoms with Crippen molar-refractivity contribution in [1.82, 2.24) is 29.9 Å². The topological polar surface area (TPSA) is 59.2 Å². The van der Waals surface area contributed by atoms with Crippen molar-refractivity contribution in [1.29, 1.82) is 0 Å². The Morgan fingerprint density at radius 2 is 1.85 bits per heavy atom. The lowest BCUT2D eigenvalue weighted by atomic mass is 9.84. The van der Waals surface area contributed by atoms with Crippen molar-refractivity contribution in [3.8, 4) is 0 Å². The van der Waals surface area contributed by atoms with Gasteiger partial charge in [-0.25, -0.2) is 0 Å². The number of piperidine rings is 1. The van der Waals surface area contributed by atoms with Crippen LogP contribution in [-0.2, 0) is 6.42 Å². The number of aromatic nitrogens is 5. The summed E-state index contributed by atoms with van der Waals surface area (Å²) >= 11 is 0. The van der Waals surface area contributed by atoms with Crippen molar-refractivity contribution in [3.05, 3.63) is 77.5 Å². The molecule has 0 saturated carbocycles. The Labute approximate surface area is 193 Å². The van der Waals surface area contributed by atoms with Crippen molar-refractivity contribution >= 4 is 27.5 Å². The molecule has 6 heteroatoms. The number of pyridine rings is 2. The highest BCUT2D eigenvalue weighted by molar-refractivity contribution is 5.85. The lowest BCUT2D eigenvalue weighted by Crippen LogP contribution is -2.41. The second-order valence-corrected chi connectivity index (χ2v) is 9.36. The van der Waals surface area contributed by atoms with Gasteiger partial charge in [-0.15, -0.1) is 5.10 Å². The van der Waals surface area contributed by atoms with E-state index in [1.807, 2.05) is 10.6 Å². The number of hydrogen-bond donors (Lipinski definition) is 0. The summed E-state index contributed by atoms with van der Waals surface area (Å²) in [6.45, 7) is 6.64. The first-order chi connectivity index (χ1) is 16.2. The van der Waals surface area contributed by atoms with Gasteiger partial charge < -0.3 is 4.90 Å². The average Bonchev–Trinajstić information content (AvgIpc) is 3.32. The highest BCUT2D eigenvalue weighted by Gasteiger charge is 2.27. The summed E-state index contributed by atoms with van der Waals surface area (Å²) in [5.41, 5.74) is 6.88. The predicted molar refractivity (Wildman–Crippen MR) is 131 cm³/mol. The van der Waals surface area contributed by atoms with E-state index in [1.54, 1.807) is 0 Å². The summed E-state index contributed by atoms with van der Waals surface area (Å²) in [4.78, 5) is 7.40. The van der Waals surface area contributed by atoms with Crippen molar-refractivity contribution in [2.75, 3.05) is 13.1 Å². The molecule has 2 atom stereocenters. The number of nitrogens with zero attached hydrogens (tertiary/aromatic N) is 6. The standard InChI is InChI=1S/C27H28N6/c1-18-9-10-24-22(6-4-7-25(24)28-18)21-14-16-32(19(2)17-21)15-13-20-5-3-8-26-23(20)11-12-27-29-30-31-33(26)27/h3-12,19,21H,13-17H2,1-2H3/t19-,21?/m1/s1. The quantitative estimate of drug-likeness (QED) is 0.399. The molecule has 0 amide bonds. The molecule has 0 N–H and O–H groups in total. The van der Waals surface area contributed by atoms with Gasteiger partial charge in [0.25, 0.3) is 0 Å². The Bertz CT molecular complexity index is 1460. The molecule has 33 heavy (non-hydrogen) atoms. The third-order valence-electron chi connectivity index (χ3n) is 7.32. The minimum atomic E-state index is 0.554. The molecule has 1 unspecified atom stereocenters. The molecule has 0 aliphatic carbocycles. The van der Waals surface area contributed by atoms with Crippen LogP contribution in [0.1, 0.15) is 42.5 Å². The number of hydrogen-bond acceptors (Lipinski definition) is 5. The van der Waals surface area contributed by atoms with Gasteiger partial charge >= 0.3 is 0 Å². The fourth-order valence-corrected chi connectivity index (χ4v) is 5.56. The van der Waals surface area contributed by atoms with Crippen LogP contribution < -0.4 is 0 Å². The molecule has 1 aliphatic rings. The van der Waals surface area contributed by atoms with Crippen LogP contribution in [0.2, 0.25) is 0 Å². The first-order valence-electron chi connectivity index (χ1n) is 11.9. The lowest BCUT2D eigenvalue weighted by molar-refractivity contribution is 0.149. The Morgan fingerprint density at radius 3 is 2.76 bits per heavy atom. The maximum Gasteiger partial charge on any atom is 0.179 e. The average molecular weight is 437 g/mol. The summed E-state index contributed by atoms with van der Waals surface area (Å²) in [5, 5.41) is 14.6. The highest BCUT2D eigenvalue weighted by Crippen LogP contribution is 2.35. The maximum absolute atomic E-state index is 4.74. The SMILES string of the molecule is Cc1ccc2c(C3CCN(CCc4cccc5c4ccc4nnnn45)[C@H](C)C3)cccc2n1. The first kappa shape index (κ1) is 20.2. The molecule has 6 nitrogen and oxygen atoms in total. The van der Waals surface area contributed by atoms with Crippen molar-refractivity contribution in [3.63, 3.8) is 0 Å². The van der Waals surface area contributed by atoms with Crippen LogP contribution in [0, 0.1) is 6.92 Å². The van der Waals surface area contributed by atoms with Gasteiger partial charge in [-0.05, 0) is 97.5 Å². The van der Waals surface area contributed by atoms with E-state index >= 15 is 0 Å². The molecule has 166 valence electrons. The number of likely N-dealkylation sites (tertiary alicyclic amines) is 1. The fraction of sp³-hybridized carbons (Fsp3) is 0.333. The smallest absolute Gasteiger partial charge is 0.179 e. The molecule has 4 heterocycles. The van der Waals surface area contributed by atoms with E-state index in [2.05, 4.69) is 88.9 Å². The Morgan fingerprint density at radius 1 is 0.970 bits per heavy atom. The van der Waals surface area contributed by atoms with Gasteiger partial charge in [-0.3, -0.25) is 4.98 Å². The molecule has 1 fully saturated rings. The number of aryl methyl sites for hydroxylation is 1. The third kappa shape index (κ3) is 3.64. The van der Waals surface area contributed by atoms with Gasteiger partial charge in [-0.2, -0.15) is 4.52 Å².